The van der Waals surface area contributed by atoms with Crippen molar-refractivity contribution in [2.45, 2.75) is 12.3 Å². The number of rotatable bonds is 7. The molecule has 1 heterocycles. The maximum atomic E-state index is 12.5. The molecule has 5 heteroatoms. The van der Waals surface area contributed by atoms with Crippen LogP contribution in [0, 0.1) is 0 Å². The van der Waals surface area contributed by atoms with Crippen molar-refractivity contribution < 1.29 is 9.90 Å². The van der Waals surface area contributed by atoms with Crippen LogP contribution in [-0.2, 0) is 6.42 Å². The van der Waals surface area contributed by atoms with Crippen LogP contribution in [0.1, 0.15) is 38.5 Å². The molecule has 1 aromatic heterocycles. The number of hydrogen-bond acceptors (Lipinski definition) is 3. The third-order valence-corrected chi connectivity index (χ3v) is 5.39. The summed E-state index contributed by atoms with van der Waals surface area (Å²) in [6, 6.07) is 28.4. The smallest absolute Gasteiger partial charge is 0.251 e. The van der Waals surface area contributed by atoms with Gasteiger partial charge in [-0.3, -0.25) is 9.59 Å². The number of aromatic amines is 1. The number of aromatic hydroxyl groups is 1. The first-order valence-corrected chi connectivity index (χ1v) is 10.5. The number of amides is 1. The Labute approximate surface area is 186 Å². The summed E-state index contributed by atoms with van der Waals surface area (Å²) in [6.45, 7) is 0.308. The Hall–Kier alpha value is -4.12. The minimum Gasteiger partial charge on any atom is -0.508 e. The monoisotopic (exact) mass is 424 g/mol. The second-order valence-corrected chi connectivity index (χ2v) is 7.60. The van der Waals surface area contributed by atoms with Crippen LogP contribution < -0.4 is 10.9 Å². The predicted octanol–water partition coefficient (Wildman–Crippen LogP) is 4.23. The highest BCUT2D eigenvalue weighted by Gasteiger charge is 2.18. The predicted molar refractivity (Wildman–Crippen MR) is 125 cm³/mol. The molecule has 0 radical (unpaired) electrons. The highest BCUT2D eigenvalue weighted by molar-refractivity contribution is 5.94. The summed E-state index contributed by atoms with van der Waals surface area (Å²) in [4.78, 5) is 27.6. The molecule has 160 valence electrons. The Morgan fingerprint density at radius 3 is 2.12 bits per heavy atom. The molecule has 32 heavy (non-hydrogen) atoms. The maximum Gasteiger partial charge on any atom is 0.251 e. The Bertz CT molecular complexity index is 1210. The van der Waals surface area contributed by atoms with Crippen LogP contribution in [0.3, 0.4) is 0 Å². The molecule has 0 aliphatic rings. The molecule has 4 rings (SSSR count). The zero-order valence-corrected chi connectivity index (χ0v) is 17.5. The summed E-state index contributed by atoms with van der Waals surface area (Å²) in [5.41, 5.74) is 4.07. The van der Waals surface area contributed by atoms with Crippen molar-refractivity contribution in [3.8, 4) is 5.75 Å². The van der Waals surface area contributed by atoms with Crippen LogP contribution in [0.15, 0.2) is 102 Å². The van der Waals surface area contributed by atoms with Gasteiger partial charge in [-0.2, -0.15) is 0 Å². The lowest BCUT2D eigenvalue weighted by molar-refractivity contribution is 0.0953. The van der Waals surface area contributed by atoms with E-state index in [0.29, 0.717) is 24.1 Å². The number of pyridine rings is 1. The molecule has 0 saturated heterocycles. The summed E-state index contributed by atoms with van der Waals surface area (Å²) in [7, 11) is 0. The fourth-order valence-electron chi connectivity index (χ4n) is 3.83. The molecule has 4 aromatic rings. The van der Waals surface area contributed by atoms with Crippen LogP contribution in [0.25, 0.3) is 0 Å². The molecule has 3 N–H and O–H groups in total. The summed E-state index contributed by atoms with van der Waals surface area (Å²) in [6.07, 6.45) is 2.16. The summed E-state index contributed by atoms with van der Waals surface area (Å²) in [5, 5.41) is 12.4. The van der Waals surface area contributed by atoms with Gasteiger partial charge in [0.2, 0.25) is 0 Å². The molecule has 3 aromatic carbocycles. The third-order valence-electron chi connectivity index (χ3n) is 5.39. The van der Waals surface area contributed by atoms with Gasteiger partial charge in [0.25, 0.3) is 11.5 Å². The molecule has 0 aliphatic carbocycles. The van der Waals surface area contributed by atoms with E-state index in [4.69, 9.17) is 0 Å². The number of phenolic OH excluding ortho intramolecular Hbond substituents is 1. The van der Waals surface area contributed by atoms with Crippen LogP contribution in [0.2, 0.25) is 0 Å². The summed E-state index contributed by atoms with van der Waals surface area (Å²) < 4.78 is 0. The van der Waals surface area contributed by atoms with Gasteiger partial charge in [0.15, 0.2) is 0 Å². The van der Waals surface area contributed by atoms with Gasteiger partial charge in [0, 0.05) is 29.8 Å². The summed E-state index contributed by atoms with van der Waals surface area (Å²) >= 11 is 0. The Morgan fingerprint density at radius 2 is 1.50 bits per heavy atom. The first-order valence-electron chi connectivity index (χ1n) is 10.5. The second kappa shape index (κ2) is 9.79. The number of hydrogen-bond donors (Lipinski definition) is 3. The lowest BCUT2D eigenvalue weighted by Crippen LogP contribution is -2.27. The molecule has 0 atom stereocenters. The number of carbonyl (C=O) groups excluding carboxylic acids is 1. The lowest BCUT2D eigenvalue weighted by atomic mass is 9.85. The highest BCUT2D eigenvalue weighted by atomic mass is 16.3. The largest absolute Gasteiger partial charge is 0.508 e. The minimum atomic E-state index is -0.292. The van der Waals surface area contributed by atoms with Crippen molar-refractivity contribution in [3.63, 3.8) is 0 Å². The van der Waals surface area contributed by atoms with E-state index in [1.807, 2.05) is 42.5 Å². The molecule has 1 amide bonds. The Morgan fingerprint density at radius 1 is 0.844 bits per heavy atom. The van der Waals surface area contributed by atoms with Gasteiger partial charge in [-0.05, 0) is 47.4 Å². The normalized spacial score (nSPS) is 10.8. The van der Waals surface area contributed by atoms with Crippen molar-refractivity contribution in [2.24, 2.45) is 0 Å². The fourth-order valence-corrected chi connectivity index (χ4v) is 3.83. The van der Waals surface area contributed by atoms with Gasteiger partial charge in [-0.1, -0.05) is 66.7 Å². The van der Waals surface area contributed by atoms with Gasteiger partial charge in [0.1, 0.15) is 5.75 Å². The van der Waals surface area contributed by atoms with Crippen molar-refractivity contribution in [2.75, 3.05) is 6.54 Å². The van der Waals surface area contributed by atoms with E-state index in [2.05, 4.69) is 34.6 Å². The molecule has 0 bridgehead atoms. The van der Waals surface area contributed by atoms with E-state index >= 15 is 0 Å². The number of carbonyl (C=O) groups is 1. The number of phenols is 1. The van der Waals surface area contributed by atoms with Crippen molar-refractivity contribution in [1.82, 2.24) is 10.3 Å². The first kappa shape index (κ1) is 21.1. The Balaban J connectivity index is 1.56. The number of nitrogens with one attached hydrogen (secondary N) is 2. The zero-order chi connectivity index (χ0) is 22.3. The van der Waals surface area contributed by atoms with E-state index in [1.165, 1.54) is 12.1 Å². The maximum absolute atomic E-state index is 12.5. The molecular weight excluding hydrogens is 400 g/mol. The van der Waals surface area contributed by atoms with E-state index in [0.717, 1.165) is 16.7 Å². The quantitative estimate of drug-likeness (QED) is 0.415. The zero-order valence-electron chi connectivity index (χ0n) is 17.5. The molecule has 0 aliphatic heterocycles. The second-order valence-electron chi connectivity index (χ2n) is 7.60. The van der Waals surface area contributed by atoms with Crippen molar-refractivity contribution in [1.29, 1.82) is 0 Å². The van der Waals surface area contributed by atoms with Crippen LogP contribution >= 0.6 is 0 Å². The SMILES string of the molecule is O=C(NCCc1cc(C(c2ccccc2)c2ccccc2)c[nH]c1=O)c1cccc(O)c1. The average molecular weight is 425 g/mol. The van der Waals surface area contributed by atoms with Gasteiger partial charge in [-0.15, -0.1) is 0 Å². The van der Waals surface area contributed by atoms with E-state index in [-0.39, 0.29) is 23.1 Å². The average Bonchev–Trinajstić information content (AvgIpc) is 2.82. The molecule has 0 saturated carbocycles. The molecule has 0 fully saturated rings. The molecular formula is C27H24N2O3. The van der Waals surface area contributed by atoms with Crippen molar-refractivity contribution >= 4 is 5.91 Å². The lowest BCUT2D eigenvalue weighted by Gasteiger charge is -2.19. The van der Waals surface area contributed by atoms with Crippen LogP contribution in [0.5, 0.6) is 5.75 Å². The van der Waals surface area contributed by atoms with E-state index < -0.39 is 0 Å². The number of H-pyrrole nitrogens is 1. The van der Waals surface area contributed by atoms with E-state index in [9.17, 15) is 14.7 Å². The number of aromatic nitrogens is 1. The number of benzene rings is 3. The topological polar surface area (TPSA) is 82.2 Å². The van der Waals surface area contributed by atoms with Gasteiger partial charge in [0.05, 0.1) is 0 Å². The van der Waals surface area contributed by atoms with Gasteiger partial charge >= 0.3 is 0 Å². The standard InChI is InChI=1S/C27H24N2O3/c30-24-13-7-12-21(17-24)26(31)28-15-14-22-16-23(18-29-27(22)32)25(19-8-3-1-4-9-19)20-10-5-2-6-11-20/h1-13,16-18,25,30H,14-15H2,(H,28,31)(H,29,32). The summed E-state index contributed by atoms with van der Waals surface area (Å²) in [5.74, 6) is -0.274. The highest BCUT2D eigenvalue weighted by Crippen LogP contribution is 2.31. The molecule has 0 unspecified atom stereocenters. The van der Waals surface area contributed by atoms with Crippen LogP contribution in [-0.4, -0.2) is 22.5 Å². The molecule has 0 spiro atoms. The minimum absolute atomic E-state index is 0.0186. The van der Waals surface area contributed by atoms with Gasteiger partial charge in [-0.25, -0.2) is 0 Å². The van der Waals surface area contributed by atoms with Crippen molar-refractivity contribution in [3.05, 3.63) is 135 Å². The molecule has 5 nitrogen and oxygen atoms in total. The van der Waals surface area contributed by atoms with E-state index in [1.54, 1.807) is 18.3 Å². The van der Waals surface area contributed by atoms with Gasteiger partial charge < -0.3 is 15.4 Å². The third kappa shape index (κ3) is 4.95. The fraction of sp³-hybridized carbons (Fsp3) is 0.111. The Kier molecular flexibility index (Phi) is 6.46. The first-order chi connectivity index (χ1) is 15.6. The van der Waals surface area contributed by atoms with Crippen LogP contribution in [0.4, 0.5) is 0 Å².